The van der Waals surface area contributed by atoms with Crippen molar-refractivity contribution in [3.05, 3.63) is 35.7 Å². The molecule has 0 atom stereocenters. The summed E-state index contributed by atoms with van der Waals surface area (Å²) in [6.07, 6.45) is 0.730. The van der Waals surface area contributed by atoms with E-state index in [1.165, 1.54) is 12.1 Å². The van der Waals surface area contributed by atoms with Crippen molar-refractivity contribution < 1.29 is 8.78 Å². The molecule has 0 bridgehead atoms. The summed E-state index contributed by atoms with van der Waals surface area (Å²) in [6, 6.07) is 3.26. The van der Waals surface area contributed by atoms with Gasteiger partial charge in [-0.05, 0) is 39.3 Å². The van der Waals surface area contributed by atoms with E-state index in [2.05, 4.69) is 10.1 Å². The van der Waals surface area contributed by atoms with Crippen molar-refractivity contribution in [2.24, 2.45) is 5.73 Å². The number of aromatic nitrogens is 3. The van der Waals surface area contributed by atoms with Gasteiger partial charge in [0.25, 0.3) is 0 Å². The molecule has 6 heteroatoms. The first-order chi connectivity index (χ1) is 9.24. The van der Waals surface area contributed by atoms with E-state index in [1.54, 1.807) is 11.6 Å². The number of rotatable bonds is 4. The molecule has 0 fully saturated rings. The first-order valence-corrected chi connectivity index (χ1v) is 6.41. The van der Waals surface area contributed by atoms with Crippen LogP contribution in [-0.4, -0.2) is 20.3 Å². The molecule has 108 valence electrons. The summed E-state index contributed by atoms with van der Waals surface area (Å²) in [5, 5.41) is 4.28. The van der Waals surface area contributed by atoms with E-state index in [-0.39, 0.29) is 5.54 Å². The molecule has 1 aromatic carbocycles. The summed E-state index contributed by atoms with van der Waals surface area (Å²) < 4.78 is 28.1. The topological polar surface area (TPSA) is 56.7 Å². The van der Waals surface area contributed by atoms with Gasteiger partial charge in [0, 0.05) is 23.7 Å². The van der Waals surface area contributed by atoms with Gasteiger partial charge in [-0.15, -0.1) is 0 Å². The Labute approximate surface area is 116 Å². The van der Waals surface area contributed by atoms with Crippen LogP contribution in [0.2, 0.25) is 0 Å². The van der Waals surface area contributed by atoms with E-state index in [0.29, 0.717) is 23.8 Å². The minimum Gasteiger partial charge on any atom is -0.325 e. The molecule has 1 heterocycles. The molecule has 0 aliphatic carbocycles. The first kappa shape index (κ1) is 14.6. The number of benzene rings is 1. The van der Waals surface area contributed by atoms with Crippen LogP contribution in [0.25, 0.3) is 11.4 Å². The minimum absolute atomic E-state index is 0.302. The number of halogens is 2. The maximum absolute atomic E-state index is 13.2. The van der Waals surface area contributed by atoms with Crippen molar-refractivity contribution in [2.45, 2.75) is 39.3 Å². The summed E-state index contributed by atoms with van der Waals surface area (Å²) in [7, 11) is 0. The molecule has 0 unspecified atom stereocenters. The van der Waals surface area contributed by atoms with Gasteiger partial charge in [-0.2, -0.15) is 5.10 Å². The molecule has 0 spiro atoms. The lowest BCUT2D eigenvalue weighted by Crippen LogP contribution is -2.33. The van der Waals surface area contributed by atoms with Gasteiger partial charge in [-0.1, -0.05) is 0 Å². The van der Waals surface area contributed by atoms with Gasteiger partial charge in [-0.25, -0.2) is 18.4 Å². The highest BCUT2D eigenvalue weighted by molar-refractivity contribution is 5.54. The van der Waals surface area contributed by atoms with Crippen molar-refractivity contribution in [3.63, 3.8) is 0 Å². The van der Waals surface area contributed by atoms with Gasteiger partial charge in [0.15, 0.2) is 5.82 Å². The number of nitrogens with zero attached hydrogens (tertiary/aromatic N) is 3. The normalized spacial score (nSPS) is 11.9. The third-order valence-electron chi connectivity index (χ3n) is 2.95. The molecule has 2 rings (SSSR count). The Balaban J connectivity index is 2.26. The van der Waals surface area contributed by atoms with Gasteiger partial charge in [-0.3, -0.25) is 0 Å². The van der Waals surface area contributed by atoms with Crippen LogP contribution in [0.1, 0.15) is 26.1 Å². The molecular weight excluding hydrogens is 262 g/mol. The number of hydrogen-bond donors (Lipinski definition) is 1. The highest BCUT2D eigenvalue weighted by Crippen LogP contribution is 2.19. The van der Waals surface area contributed by atoms with Gasteiger partial charge in [0.05, 0.1) is 0 Å². The van der Waals surface area contributed by atoms with E-state index in [0.717, 1.165) is 12.5 Å². The second-order valence-corrected chi connectivity index (χ2v) is 5.60. The van der Waals surface area contributed by atoms with Crippen LogP contribution in [0.15, 0.2) is 18.2 Å². The van der Waals surface area contributed by atoms with Crippen LogP contribution in [0.4, 0.5) is 8.78 Å². The average Bonchev–Trinajstić information content (AvgIpc) is 2.66. The highest BCUT2D eigenvalue weighted by Gasteiger charge is 2.14. The quantitative estimate of drug-likeness (QED) is 0.936. The third kappa shape index (κ3) is 3.60. The Morgan fingerprint density at radius 3 is 2.35 bits per heavy atom. The molecule has 0 aliphatic rings. The fourth-order valence-electron chi connectivity index (χ4n) is 1.83. The van der Waals surface area contributed by atoms with Gasteiger partial charge < -0.3 is 5.73 Å². The van der Waals surface area contributed by atoms with Crippen molar-refractivity contribution >= 4 is 0 Å². The maximum atomic E-state index is 13.2. The summed E-state index contributed by atoms with van der Waals surface area (Å²) in [6.45, 7) is 6.28. The summed E-state index contributed by atoms with van der Waals surface area (Å²) in [5.41, 5.74) is 5.96. The smallest absolute Gasteiger partial charge is 0.181 e. The fraction of sp³-hybridized carbons (Fsp3) is 0.429. The summed E-state index contributed by atoms with van der Waals surface area (Å²) in [4.78, 5) is 4.24. The van der Waals surface area contributed by atoms with E-state index >= 15 is 0 Å². The van der Waals surface area contributed by atoms with Crippen LogP contribution < -0.4 is 5.73 Å². The Morgan fingerprint density at radius 1 is 1.20 bits per heavy atom. The fourth-order valence-corrected chi connectivity index (χ4v) is 1.83. The van der Waals surface area contributed by atoms with Crippen LogP contribution in [0, 0.1) is 18.6 Å². The van der Waals surface area contributed by atoms with Gasteiger partial charge in [0.2, 0.25) is 0 Å². The highest BCUT2D eigenvalue weighted by atomic mass is 19.1. The molecule has 0 aliphatic heterocycles. The molecule has 2 N–H and O–H groups in total. The van der Waals surface area contributed by atoms with Crippen LogP contribution >= 0.6 is 0 Å². The van der Waals surface area contributed by atoms with Crippen molar-refractivity contribution in [1.82, 2.24) is 14.8 Å². The molecule has 1 aromatic heterocycles. The second kappa shape index (κ2) is 5.28. The lowest BCUT2D eigenvalue weighted by atomic mass is 10.0. The number of hydrogen-bond acceptors (Lipinski definition) is 3. The SMILES string of the molecule is Cc1nc(-c2cc(F)cc(F)c2)nn1CCC(C)(C)N. The predicted molar refractivity (Wildman–Crippen MR) is 73.0 cm³/mol. The zero-order valence-electron chi connectivity index (χ0n) is 11.8. The van der Waals surface area contributed by atoms with Crippen LogP contribution in [0.3, 0.4) is 0 Å². The van der Waals surface area contributed by atoms with E-state index in [9.17, 15) is 8.78 Å². The van der Waals surface area contributed by atoms with Gasteiger partial charge >= 0.3 is 0 Å². The minimum atomic E-state index is -0.642. The molecule has 20 heavy (non-hydrogen) atoms. The van der Waals surface area contributed by atoms with Crippen LogP contribution in [-0.2, 0) is 6.54 Å². The molecule has 0 radical (unpaired) electrons. The molecule has 2 aromatic rings. The van der Waals surface area contributed by atoms with Crippen molar-refractivity contribution in [1.29, 1.82) is 0 Å². The maximum Gasteiger partial charge on any atom is 0.181 e. The third-order valence-corrected chi connectivity index (χ3v) is 2.95. The zero-order valence-corrected chi connectivity index (χ0v) is 11.8. The lowest BCUT2D eigenvalue weighted by molar-refractivity contribution is 0.416. The molecular formula is C14H18F2N4. The average molecular weight is 280 g/mol. The predicted octanol–water partition coefficient (Wildman–Crippen LogP) is 2.66. The van der Waals surface area contributed by atoms with E-state index in [1.807, 2.05) is 13.8 Å². The van der Waals surface area contributed by atoms with Crippen molar-refractivity contribution in [2.75, 3.05) is 0 Å². The van der Waals surface area contributed by atoms with Crippen LogP contribution in [0.5, 0.6) is 0 Å². The Morgan fingerprint density at radius 2 is 1.80 bits per heavy atom. The Hall–Kier alpha value is -1.82. The molecule has 0 amide bonds. The molecule has 0 saturated carbocycles. The summed E-state index contributed by atoms with van der Waals surface area (Å²) >= 11 is 0. The Bertz CT molecular complexity index is 594. The Kier molecular flexibility index (Phi) is 3.85. The number of nitrogens with two attached hydrogens (primary N) is 1. The largest absolute Gasteiger partial charge is 0.325 e. The van der Waals surface area contributed by atoms with E-state index in [4.69, 9.17) is 5.73 Å². The first-order valence-electron chi connectivity index (χ1n) is 6.41. The molecule has 0 saturated heterocycles. The second-order valence-electron chi connectivity index (χ2n) is 5.60. The zero-order chi connectivity index (χ0) is 14.9. The molecule has 4 nitrogen and oxygen atoms in total. The standard InChI is InChI=1S/C14H18F2N4/c1-9-18-13(10-6-11(15)8-12(16)7-10)19-20(9)5-4-14(2,3)17/h6-8H,4-5,17H2,1-3H3. The van der Waals surface area contributed by atoms with Gasteiger partial charge in [0.1, 0.15) is 17.5 Å². The summed E-state index contributed by atoms with van der Waals surface area (Å²) in [5.74, 6) is -0.279. The van der Waals surface area contributed by atoms with E-state index < -0.39 is 11.6 Å². The monoisotopic (exact) mass is 280 g/mol. The number of aryl methyl sites for hydroxylation is 2. The lowest BCUT2D eigenvalue weighted by Gasteiger charge is -2.17. The van der Waals surface area contributed by atoms with Crippen molar-refractivity contribution in [3.8, 4) is 11.4 Å².